The summed E-state index contributed by atoms with van der Waals surface area (Å²) in [6.07, 6.45) is 3.55. The van der Waals surface area contributed by atoms with Crippen molar-refractivity contribution in [3.63, 3.8) is 0 Å². The van der Waals surface area contributed by atoms with Crippen LogP contribution in [0.3, 0.4) is 0 Å². The fraction of sp³-hybridized carbons (Fsp3) is 0.261. The molecule has 1 aliphatic rings. The molecule has 3 heterocycles. The Morgan fingerprint density at radius 1 is 1.13 bits per heavy atom. The highest BCUT2D eigenvalue weighted by Crippen LogP contribution is 2.26. The standard InChI is InChI=1S/C23H25N5O2/c24-17-11-18(29)14-28(13-17)21-8-9-26-12-16(21)10-22(30)23-19(25)6-7-20(27-23)15-4-2-1-3-5-15/h1-9,12,17-18,29H,10-11,13-14,24-25H2/t17-,18-/m0/s1. The minimum atomic E-state index is -0.495. The van der Waals surface area contributed by atoms with Gasteiger partial charge in [-0.2, -0.15) is 0 Å². The molecule has 154 valence electrons. The number of nitrogen functional groups attached to an aromatic ring is 1. The highest BCUT2D eigenvalue weighted by Gasteiger charge is 2.26. The average Bonchev–Trinajstić information content (AvgIpc) is 2.74. The zero-order valence-corrected chi connectivity index (χ0v) is 16.6. The Morgan fingerprint density at radius 3 is 2.70 bits per heavy atom. The molecular formula is C23H25N5O2. The first kappa shape index (κ1) is 20.0. The summed E-state index contributed by atoms with van der Waals surface area (Å²) in [4.78, 5) is 23.9. The maximum Gasteiger partial charge on any atom is 0.187 e. The van der Waals surface area contributed by atoms with Crippen LogP contribution < -0.4 is 16.4 Å². The van der Waals surface area contributed by atoms with Crippen molar-refractivity contribution in [3.05, 3.63) is 72.2 Å². The summed E-state index contributed by atoms with van der Waals surface area (Å²) < 4.78 is 0. The minimum absolute atomic E-state index is 0.112. The highest BCUT2D eigenvalue weighted by atomic mass is 16.3. The highest BCUT2D eigenvalue weighted by molar-refractivity contribution is 6.01. The van der Waals surface area contributed by atoms with Gasteiger partial charge in [-0.25, -0.2) is 4.98 Å². The van der Waals surface area contributed by atoms with E-state index in [-0.39, 0.29) is 23.9 Å². The van der Waals surface area contributed by atoms with Crippen LogP contribution in [0.2, 0.25) is 0 Å². The zero-order valence-electron chi connectivity index (χ0n) is 16.6. The molecule has 0 spiro atoms. The van der Waals surface area contributed by atoms with Crippen LogP contribution in [0.15, 0.2) is 60.9 Å². The third-order valence-corrected chi connectivity index (χ3v) is 5.29. The molecule has 3 aromatic rings. The number of β-amino-alcohol motifs (C(OH)–C–C–N with tert-alkyl or cyclic N) is 1. The molecule has 1 saturated heterocycles. The maximum atomic E-state index is 13.1. The Balaban J connectivity index is 1.61. The van der Waals surface area contributed by atoms with Crippen molar-refractivity contribution >= 4 is 17.2 Å². The van der Waals surface area contributed by atoms with Crippen molar-refractivity contribution < 1.29 is 9.90 Å². The third-order valence-electron chi connectivity index (χ3n) is 5.29. The number of piperidine rings is 1. The molecule has 4 rings (SSSR count). The van der Waals surface area contributed by atoms with Gasteiger partial charge in [0.05, 0.1) is 17.5 Å². The molecule has 0 saturated carbocycles. The third kappa shape index (κ3) is 4.32. The largest absolute Gasteiger partial charge is 0.397 e. The molecule has 0 bridgehead atoms. The number of Topliss-reactive ketones (excluding diaryl/α,β-unsaturated/α-hetero) is 1. The number of aromatic nitrogens is 2. The molecule has 7 nitrogen and oxygen atoms in total. The second kappa shape index (κ2) is 8.61. The van der Waals surface area contributed by atoms with Gasteiger partial charge in [-0.3, -0.25) is 9.78 Å². The Labute approximate surface area is 175 Å². The second-order valence-corrected chi connectivity index (χ2v) is 7.66. The lowest BCUT2D eigenvalue weighted by molar-refractivity contribution is 0.0989. The SMILES string of the molecule is Nc1ccc(-c2ccccc2)nc1C(=O)Cc1cnccc1N1C[C@@H](N)C[C@H](O)C1. The predicted octanol–water partition coefficient (Wildman–Crippen LogP) is 2.05. The number of ketones is 1. The van der Waals surface area contributed by atoms with Gasteiger partial charge in [-0.1, -0.05) is 30.3 Å². The molecule has 2 atom stereocenters. The van der Waals surface area contributed by atoms with Crippen molar-refractivity contribution in [1.29, 1.82) is 0 Å². The van der Waals surface area contributed by atoms with Crippen LogP contribution in [0.5, 0.6) is 0 Å². The molecule has 0 radical (unpaired) electrons. The average molecular weight is 403 g/mol. The van der Waals surface area contributed by atoms with Gasteiger partial charge >= 0.3 is 0 Å². The van der Waals surface area contributed by atoms with E-state index >= 15 is 0 Å². The summed E-state index contributed by atoms with van der Waals surface area (Å²) in [7, 11) is 0. The van der Waals surface area contributed by atoms with Gasteiger partial charge in [-0.15, -0.1) is 0 Å². The van der Waals surface area contributed by atoms with Crippen molar-refractivity contribution in [2.24, 2.45) is 5.73 Å². The number of nitrogens with zero attached hydrogens (tertiary/aromatic N) is 3. The van der Waals surface area contributed by atoms with Crippen LogP contribution in [0.4, 0.5) is 11.4 Å². The lowest BCUT2D eigenvalue weighted by Crippen LogP contribution is -2.49. The van der Waals surface area contributed by atoms with Crippen molar-refractivity contribution in [2.45, 2.75) is 25.0 Å². The Bertz CT molecular complexity index is 1030. The van der Waals surface area contributed by atoms with E-state index in [9.17, 15) is 9.90 Å². The second-order valence-electron chi connectivity index (χ2n) is 7.66. The van der Waals surface area contributed by atoms with E-state index in [1.54, 1.807) is 18.5 Å². The number of benzene rings is 1. The molecular weight excluding hydrogens is 378 g/mol. The number of rotatable bonds is 5. The van der Waals surface area contributed by atoms with Crippen molar-refractivity contribution in [1.82, 2.24) is 9.97 Å². The monoisotopic (exact) mass is 403 g/mol. The molecule has 0 amide bonds. The van der Waals surface area contributed by atoms with E-state index in [1.165, 1.54) is 0 Å². The maximum absolute atomic E-state index is 13.1. The van der Waals surface area contributed by atoms with E-state index < -0.39 is 6.10 Å². The molecule has 30 heavy (non-hydrogen) atoms. The Morgan fingerprint density at radius 2 is 1.93 bits per heavy atom. The van der Waals surface area contributed by atoms with Crippen LogP contribution in [-0.2, 0) is 6.42 Å². The van der Waals surface area contributed by atoms with Gasteiger partial charge in [0.15, 0.2) is 5.78 Å². The molecule has 1 aliphatic heterocycles. The van der Waals surface area contributed by atoms with E-state index in [4.69, 9.17) is 11.5 Å². The van der Waals surface area contributed by atoms with Crippen LogP contribution >= 0.6 is 0 Å². The Kier molecular flexibility index (Phi) is 5.74. The molecule has 7 heteroatoms. The fourth-order valence-corrected chi connectivity index (χ4v) is 3.89. The predicted molar refractivity (Wildman–Crippen MR) is 117 cm³/mol. The molecule has 1 fully saturated rings. The number of nitrogens with two attached hydrogens (primary N) is 2. The van der Waals surface area contributed by atoms with Gasteiger partial charge in [0, 0.05) is 54.8 Å². The first-order valence-electron chi connectivity index (χ1n) is 9.98. The summed E-state index contributed by atoms with van der Waals surface area (Å²) in [5.41, 5.74) is 16.0. The zero-order chi connectivity index (χ0) is 21.1. The molecule has 5 N–H and O–H groups in total. The van der Waals surface area contributed by atoms with Crippen LogP contribution in [0.25, 0.3) is 11.3 Å². The summed E-state index contributed by atoms with van der Waals surface area (Å²) in [5.74, 6) is -0.179. The molecule has 2 aromatic heterocycles. The molecule has 0 aliphatic carbocycles. The van der Waals surface area contributed by atoms with Crippen LogP contribution in [0, 0.1) is 0 Å². The lowest BCUT2D eigenvalue weighted by atomic mass is 10.00. The number of anilines is 2. The first-order valence-corrected chi connectivity index (χ1v) is 9.98. The summed E-state index contributed by atoms with van der Waals surface area (Å²) in [6, 6.07) is 14.9. The molecule has 0 unspecified atom stereocenters. The van der Waals surface area contributed by atoms with Gasteiger partial charge in [0.2, 0.25) is 0 Å². The minimum Gasteiger partial charge on any atom is -0.397 e. The van der Waals surface area contributed by atoms with E-state index in [1.807, 2.05) is 47.4 Å². The number of carbonyl (C=O) groups excluding carboxylic acids is 1. The van der Waals surface area contributed by atoms with Crippen molar-refractivity contribution in [2.75, 3.05) is 23.7 Å². The lowest BCUT2D eigenvalue weighted by Gasteiger charge is -2.36. The van der Waals surface area contributed by atoms with Crippen LogP contribution in [-0.4, -0.2) is 46.1 Å². The summed E-state index contributed by atoms with van der Waals surface area (Å²) >= 11 is 0. The summed E-state index contributed by atoms with van der Waals surface area (Å²) in [6.45, 7) is 1.09. The quantitative estimate of drug-likeness (QED) is 0.558. The summed E-state index contributed by atoms with van der Waals surface area (Å²) in [5, 5.41) is 10.1. The van der Waals surface area contributed by atoms with Gasteiger partial charge in [0.1, 0.15) is 5.69 Å². The van der Waals surface area contributed by atoms with E-state index in [0.29, 0.717) is 30.9 Å². The number of hydrogen-bond donors (Lipinski definition) is 3. The fourth-order valence-electron chi connectivity index (χ4n) is 3.89. The number of pyridine rings is 2. The van der Waals surface area contributed by atoms with Crippen molar-refractivity contribution in [3.8, 4) is 11.3 Å². The van der Waals surface area contributed by atoms with Gasteiger partial charge in [0.25, 0.3) is 0 Å². The van der Waals surface area contributed by atoms with Gasteiger partial charge < -0.3 is 21.5 Å². The van der Waals surface area contributed by atoms with E-state index in [2.05, 4.69) is 9.97 Å². The van der Waals surface area contributed by atoms with E-state index in [0.717, 1.165) is 16.8 Å². The number of aliphatic hydroxyl groups is 1. The first-order chi connectivity index (χ1) is 14.5. The Hall–Kier alpha value is -3.29. The number of hydrogen-bond acceptors (Lipinski definition) is 7. The van der Waals surface area contributed by atoms with Crippen LogP contribution in [0.1, 0.15) is 22.5 Å². The molecule has 1 aromatic carbocycles. The topological polar surface area (TPSA) is 118 Å². The smallest absolute Gasteiger partial charge is 0.187 e. The normalized spacial score (nSPS) is 18.9. The number of carbonyl (C=O) groups is 1. The van der Waals surface area contributed by atoms with Gasteiger partial charge in [-0.05, 0) is 24.6 Å². The number of aliphatic hydroxyl groups excluding tert-OH is 1.